The summed E-state index contributed by atoms with van der Waals surface area (Å²) in [5, 5.41) is 3.19. The van der Waals surface area contributed by atoms with Crippen LogP contribution in [0.1, 0.15) is 20.3 Å². The van der Waals surface area contributed by atoms with Gasteiger partial charge in [0.2, 0.25) is 0 Å². The highest BCUT2D eigenvalue weighted by Gasteiger charge is 2.41. The lowest BCUT2D eigenvalue weighted by Crippen LogP contribution is -2.30. The molecule has 1 aliphatic rings. The first kappa shape index (κ1) is 13.9. The maximum atomic E-state index is 11.9. The lowest BCUT2D eigenvalue weighted by atomic mass is 10.3. The summed E-state index contributed by atoms with van der Waals surface area (Å²) >= 11 is 5.82. The van der Waals surface area contributed by atoms with Crippen LogP contribution in [0.15, 0.2) is 24.3 Å². The average Bonchev–Trinajstić information content (AvgIpc) is 3.06. The van der Waals surface area contributed by atoms with E-state index in [0.29, 0.717) is 16.6 Å². The topological polar surface area (TPSA) is 55.4 Å². The maximum Gasteiger partial charge on any atom is 0.309 e. The molecule has 19 heavy (non-hydrogen) atoms. The molecule has 102 valence electrons. The van der Waals surface area contributed by atoms with E-state index in [1.54, 1.807) is 31.2 Å². The van der Waals surface area contributed by atoms with Crippen molar-refractivity contribution in [2.75, 3.05) is 5.32 Å². The third kappa shape index (κ3) is 3.70. The van der Waals surface area contributed by atoms with Crippen molar-refractivity contribution >= 4 is 29.2 Å². The molecule has 1 N–H and O–H groups in total. The van der Waals surface area contributed by atoms with E-state index < -0.39 is 6.10 Å². The van der Waals surface area contributed by atoms with Crippen molar-refractivity contribution in [2.24, 2.45) is 11.8 Å². The predicted molar refractivity (Wildman–Crippen MR) is 72.9 cm³/mol. The fourth-order valence-corrected chi connectivity index (χ4v) is 1.97. The molecule has 5 heteroatoms. The Hall–Kier alpha value is -1.55. The van der Waals surface area contributed by atoms with Gasteiger partial charge < -0.3 is 10.1 Å². The molecule has 2 rings (SSSR count). The van der Waals surface area contributed by atoms with Crippen LogP contribution in [-0.4, -0.2) is 18.0 Å². The highest BCUT2D eigenvalue weighted by molar-refractivity contribution is 6.30. The molecule has 0 saturated heterocycles. The van der Waals surface area contributed by atoms with E-state index in [4.69, 9.17) is 16.3 Å². The number of ether oxygens (including phenoxy) is 1. The minimum Gasteiger partial charge on any atom is -0.452 e. The number of benzene rings is 1. The Kier molecular flexibility index (Phi) is 4.10. The van der Waals surface area contributed by atoms with Gasteiger partial charge in [-0.15, -0.1) is 0 Å². The van der Waals surface area contributed by atoms with E-state index in [1.165, 1.54) is 0 Å². The van der Waals surface area contributed by atoms with Crippen molar-refractivity contribution in [3.05, 3.63) is 29.3 Å². The minimum atomic E-state index is -0.806. The number of nitrogens with one attached hydrogen (secondary N) is 1. The number of halogens is 1. The highest BCUT2D eigenvalue weighted by Crippen LogP contribution is 2.38. The Morgan fingerprint density at radius 1 is 1.47 bits per heavy atom. The lowest BCUT2D eigenvalue weighted by Gasteiger charge is -2.13. The number of carbonyl (C=O) groups excluding carboxylic acids is 2. The second-order valence-corrected chi connectivity index (χ2v) is 5.33. The Labute approximate surface area is 117 Å². The van der Waals surface area contributed by atoms with Crippen molar-refractivity contribution in [3.8, 4) is 0 Å². The van der Waals surface area contributed by atoms with Crippen LogP contribution in [0.25, 0.3) is 0 Å². The summed E-state index contributed by atoms with van der Waals surface area (Å²) in [5.74, 6) is -0.317. The zero-order valence-corrected chi connectivity index (χ0v) is 11.6. The molecule has 1 fully saturated rings. The van der Waals surface area contributed by atoms with Gasteiger partial charge in [0.25, 0.3) is 5.91 Å². The number of amides is 1. The Morgan fingerprint density at radius 3 is 2.74 bits per heavy atom. The molecule has 0 radical (unpaired) electrons. The largest absolute Gasteiger partial charge is 0.452 e. The van der Waals surface area contributed by atoms with E-state index in [0.717, 1.165) is 6.42 Å². The second kappa shape index (κ2) is 5.61. The maximum absolute atomic E-state index is 11.9. The first-order chi connectivity index (χ1) is 8.97. The second-order valence-electron chi connectivity index (χ2n) is 4.90. The van der Waals surface area contributed by atoms with Gasteiger partial charge in [0.1, 0.15) is 0 Å². The summed E-state index contributed by atoms with van der Waals surface area (Å²) in [4.78, 5) is 23.5. The van der Waals surface area contributed by atoms with Crippen LogP contribution in [0.3, 0.4) is 0 Å². The average molecular weight is 282 g/mol. The summed E-state index contributed by atoms with van der Waals surface area (Å²) in [7, 11) is 0. The van der Waals surface area contributed by atoms with Crippen molar-refractivity contribution in [1.29, 1.82) is 0 Å². The molecule has 0 unspecified atom stereocenters. The van der Waals surface area contributed by atoms with Crippen molar-refractivity contribution in [2.45, 2.75) is 26.4 Å². The number of carbonyl (C=O) groups is 2. The lowest BCUT2D eigenvalue weighted by molar-refractivity contribution is -0.154. The molecule has 0 aromatic heterocycles. The fraction of sp³-hybridized carbons (Fsp3) is 0.429. The third-order valence-corrected chi connectivity index (χ3v) is 3.40. The molecule has 0 aliphatic heterocycles. The molecule has 0 spiro atoms. The molecule has 1 amide bonds. The number of hydrogen-bond donors (Lipinski definition) is 1. The van der Waals surface area contributed by atoms with Gasteiger partial charge in [-0.05, 0) is 37.5 Å². The van der Waals surface area contributed by atoms with E-state index in [2.05, 4.69) is 5.32 Å². The summed E-state index contributed by atoms with van der Waals surface area (Å²) in [6.45, 7) is 3.55. The standard InChI is InChI=1S/C14H16ClNO3/c1-8-6-12(8)14(18)19-9(2)13(17)16-11-5-3-4-10(15)7-11/h3-5,7-9,12H,6H2,1-2H3,(H,16,17)/t8-,9-,12+/m0/s1. The first-order valence-corrected chi connectivity index (χ1v) is 6.62. The van der Waals surface area contributed by atoms with E-state index in [1.807, 2.05) is 6.92 Å². The zero-order chi connectivity index (χ0) is 14.0. The first-order valence-electron chi connectivity index (χ1n) is 6.24. The van der Waals surface area contributed by atoms with Gasteiger partial charge >= 0.3 is 5.97 Å². The molecular weight excluding hydrogens is 266 g/mol. The van der Waals surface area contributed by atoms with Crippen molar-refractivity contribution < 1.29 is 14.3 Å². The summed E-state index contributed by atoms with van der Waals surface area (Å²) < 4.78 is 5.12. The number of hydrogen-bond acceptors (Lipinski definition) is 3. The minimum absolute atomic E-state index is 0.0404. The van der Waals surface area contributed by atoms with Crippen LogP contribution in [0.5, 0.6) is 0 Å². The van der Waals surface area contributed by atoms with Crippen LogP contribution < -0.4 is 5.32 Å². The van der Waals surface area contributed by atoms with Gasteiger partial charge in [-0.3, -0.25) is 9.59 Å². The van der Waals surface area contributed by atoms with Crippen LogP contribution >= 0.6 is 11.6 Å². The Morgan fingerprint density at radius 2 is 2.16 bits per heavy atom. The normalized spacial score (nSPS) is 22.5. The molecule has 1 aromatic carbocycles. The monoisotopic (exact) mass is 281 g/mol. The van der Waals surface area contributed by atoms with Gasteiger partial charge in [-0.2, -0.15) is 0 Å². The molecule has 4 nitrogen and oxygen atoms in total. The molecule has 3 atom stereocenters. The van der Waals surface area contributed by atoms with Crippen LogP contribution in [0.4, 0.5) is 5.69 Å². The quantitative estimate of drug-likeness (QED) is 0.864. The summed E-state index contributed by atoms with van der Waals surface area (Å²) in [6.07, 6.45) is 0.0425. The van der Waals surface area contributed by atoms with Gasteiger partial charge in [-0.1, -0.05) is 24.6 Å². The third-order valence-electron chi connectivity index (χ3n) is 3.17. The van der Waals surface area contributed by atoms with Crippen molar-refractivity contribution in [3.63, 3.8) is 0 Å². The van der Waals surface area contributed by atoms with Crippen LogP contribution in [0, 0.1) is 11.8 Å². The SMILES string of the molecule is C[C@H](OC(=O)[C@@H]1C[C@@H]1C)C(=O)Nc1cccc(Cl)c1. The number of rotatable bonds is 4. The molecule has 0 bridgehead atoms. The van der Waals surface area contributed by atoms with Gasteiger partial charge in [0, 0.05) is 10.7 Å². The summed E-state index contributed by atoms with van der Waals surface area (Å²) in [6, 6.07) is 6.81. The zero-order valence-electron chi connectivity index (χ0n) is 10.9. The number of esters is 1. The molecule has 1 aromatic rings. The predicted octanol–water partition coefficient (Wildman–Crippen LogP) is 2.87. The van der Waals surface area contributed by atoms with Gasteiger partial charge in [-0.25, -0.2) is 0 Å². The van der Waals surface area contributed by atoms with Crippen LogP contribution in [-0.2, 0) is 14.3 Å². The smallest absolute Gasteiger partial charge is 0.309 e. The molecule has 1 saturated carbocycles. The molecule has 0 heterocycles. The van der Waals surface area contributed by atoms with Crippen molar-refractivity contribution in [1.82, 2.24) is 0 Å². The van der Waals surface area contributed by atoms with Gasteiger partial charge in [0.15, 0.2) is 6.10 Å². The Balaban J connectivity index is 1.87. The molecule has 1 aliphatic carbocycles. The van der Waals surface area contributed by atoms with E-state index in [9.17, 15) is 9.59 Å². The van der Waals surface area contributed by atoms with Crippen LogP contribution in [0.2, 0.25) is 5.02 Å². The summed E-state index contributed by atoms with van der Waals surface area (Å²) in [5.41, 5.74) is 0.584. The molecular formula is C14H16ClNO3. The van der Waals surface area contributed by atoms with E-state index >= 15 is 0 Å². The fourth-order valence-electron chi connectivity index (χ4n) is 1.78. The van der Waals surface area contributed by atoms with Gasteiger partial charge in [0.05, 0.1) is 5.92 Å². The van der Waals surface area contributed by atoms with E-state index in [-0.39, 0.29) is 17.8 Å². The number of anilines is 1. The Bertz CT molecular complexity index is 503. The highest BCUT2D eigenvalue weighted by atomic mass is 35.5.